The molecule has 0 unspecified atom stereocenters. The predicted molar refractivity (Wildman–Crippen MR) is 97.5 cm³/mol. The second-order valence-electron chi connectivity index (χ2n) is 6.36. The Morgan fingerprint density at radius 1 is 1.20 bits per heavy atom. The topological polar surface area (TPSA) is 60.3 Å². The Balaban J connectivity index is 1.79. The van der Waals surface area contributed by atoms with Crippen LogP contribution < -0.4 is 10.9 Å². The van der Waals surface area contributed by atoms with Crippen LogP contribution in [-0.4, -0.2) is 16.6 Å². The van der Waals surface area contributed by atoms with Crippen molar-refractivity contribution in [3.63, 3.8) is 0 Å². The number of amides is 1. The average Bonchev–Trinajstić information content (AvgIpc) is 3.15. The van der Waals surface area contributed by atoms with Crippen molar-refractivity contribution in [2.45, 2.75) is 51.4 Å². The van der Waals surface area contributed by atoms with E-state index in [1.165, 1.54) is 6.07 Å². The number of hydrogen-bond donors (Lipinski definition) is 1. The average molecular weight is 340 g/mol. The largest absolute Gasteiger partial charge is 0.360 e. The van der Waals surface area contributed by atoms with Crippen LogP contribution in [0.1, 0.15) is 44.3 Å². The summed E-state index contributed by atoms with van der Waals surface area (Å²) in [6, 6.07) is 12.7. The second-order valence-corrected chi connectivity index (χ2v) is 6.36. The molecule has 5 nitrogen and oxygen atoms in total. The molecule has 1 atom stereocenters. The number of nitrogens with zero attached hydrogens (tertiary/aromatic N) is 1. The van der Waals surface area contributed by atoms with Crippen molar-refractivity contribution < 1.29 is 9.53 Å². The molecule has 1 aromatic carbocycles. The first kappa shape index (κ1) is 17.4. The maximum Gasteiger partial charge on any atom is 0.258 e. The Kier molecular flexibility index (Phi) is 5.66. The molecule has 0 spiro atoms. The van der Waals surface area contributed by atoms with Gasteiger partial charge in [0.15, 0.2) is 6.10 Å². The lowest BCUT2D eigenvalue weighted by Crippen LogP contribution is -2.27. The quantitative estimate of drug-likeness (QED) is 0.875. The zero-order chi connectivity index (χ0) is 17.6. The first-order valence-corrected chi connectivity index (χ1v) is 8.89. The van der Waals surface area contributed by atoms with Crippen molar-refractivity contribution in [3.8, 4) is 0 Å². The minimum Gasteiger partial charge on any atom is -0.360 e. The van der Waals surface area contributed by atoms with E-state index in [4.69, 9.17) is 4.74 Å². The molecule has 1 heterocycles. The van der Waals surface area contributed by atoms with Crippen LogP contribution in [0.3, 0.4) is 0 Å². The standard InChI is InChI=1S/C20H24N2O3/c1-2-22-14-16(12-13-18(22)23)21-20(24)19(15-8-4-3-5-9-15)25-17-10-6-7-11-17/h3-5,8-9,12-14,17,19H,2,6-7,10-11H2,1H3,(H,21,24)/t19-/m1/s1. The number of hydrogen-bond acceptors (Lipinski definition) is 3. The van der Waals surface area contributed by atoms with Gasteiger partial charge in [-0.1, -0.05) is 43.2 Å². The molecule has 0 saturated heterocycles. The monoisotopic (exact) mass is 340 g/mol. The molecule has 0 radical (unpaired) electrons. The molecule has 1 aliphatic rings. The fourth-order valence-corrected chi connectivity index (χ4v) is 3.20. The van der Waals surface area contributed by atoms with Crippen molar-refractivity contribution in [1.29, 1.82) is 0 Å². The summed E-state index contributed by atoms with van der Waals surface area (Å²) in [5.41, 5.74) is 1.36. The third kappa shape index (κ3) is 4.37. The molecule has 132 valence electrons. The highest BCUT2D eigenvalue weighted by molar-refractivity contribution is 5.94. The van der Waals surface area contributed by atoms with Crippen LogP contribution in [0.15, 0.2) is 53.5 Å². The van der Waals surface area contributed by atoms with Gasteiger partial charge in [-0.15, -0.1) is 0 Å². The summed E-state index contributed by atoms with van der Waals surface area (Å²) in [4.78, 5) is 24.6. The van der Waals surface area contributed by atoms with Crippen molar-refractivity contribution in [3.05, 3.63) is 64.6 Å². The van der Waals surface area contributed by atoms with Crippen LogP contribution in [0.25, 0.3) is 0 Å². The van der Waals surface area contributed by atoms with Crippen molar-refractivity contribution in [1.82, 2.24) is 4.57 Å². The number of anilines is 1. The summed E-state index contributed by atoms with van der Waals surface area (Å²) in [6.45, 7) is 2.45. The number of ether oxygens (including phenoxy) is 1. The SMILES string of the molecule is CCn1cc(NC(=O)[C@H](OC2CCCC2)c2ccccc2)ccc1=O. The lowest BCUT2D eigenvalue weighted by Gasteiger charge is -2.22. The third-order valence-electron chi connectivity index (χ3n) is 4.56. The van der Waals surface area contributed by atoms with Gasteiger partial charge in [-0.25, -0.2) is 0 Å². The number of aromatic nitrogens is 1. The van der Waals surface area contributed by atoms with Gasteiger partial charge in [0.2, 0.25) is 0 Å². The Bertz CT molecular complexity index is 764. The zero-order valence-electron chi connectivity index (χ0n) is 14.5. The second kappa shape index (κ2) is 8.12. The van der Waals surface area contributed by atoms with E-state index >= 15 is 0 Å². The van der Waals surface area contributed by atoms with Gasteiger partial charge in [0, 0.05) is 18.8 Å². The van der Waals surface area contributed by atoms with E-state index in [1.54, 1.807) is 16.8 Å². The van der Waals surface area contributed by atoms with E-state index < -0.39 is 6.10 Å². The van der Waals surface area contributed by atoms with Crippen LogP contribution in [-0.2, 0) is 16.1 Å². The highest BCUT2D eigenvalue weighted by Gasteiger charge is 2.27. The van der Waals surface area contributed by atoms with Gasteiger partial charge in [-0.05, 0) is 31.4 Å². The molecule has 5 heteroatoms. The minimum atomic E-state index is -0.647. The normalized spacial score (nSPS) is 15.9. The van der Waals surface area contributed by atoms with E-state index in [0.29, 0.717) is 12.2 Å². The molecule has 2 aromatic rings. The number of benzene rings is 1. The Morgan fingerprint density at radius 3 is 2.60 bits per heavy atom. The molecular formula is C20H24N2O3. The van der Waals surface area contributed by atoms with Crippen LogP contribution in [0.5, 0.6) is 0 Å². The molecule has 1 aromatic heterocycles. The molecule has 1 N–H and O–H groups in total. The van der Waals surface area contributed by atoms with E-state index in [1.807, 2.05) is 37.3 Å². The number of nitrogens with one attached hydrogen (secondary N) is 1. The molecule has 1 amide bonds. The molecule has 1 saturated carbocycles. The lowest BCUT2D eigenvalue weighted by atomic mass is 10.1. The summed E-state index contributed by atoms with van der Waals surface area (Å²) in [7, 11) is 0. The first-order valence-electron chi connectivity index (χ1n) is 8.89. The fraction of sp³-hybridized carbons (Fsp3) is 0.400. The van der Waals surface area contributed by atoms with E-state index in [9.17, 15) is 9.59 Å². The van der Waals surface area contributed by atoms with Crippen molar-refractivity contribution >= 4 is 11.6 Å². The van der Waals surface area contributed by atoms with Gasteiger partial charge < -0.3 is 14.6 Å². The molecule has 3 rings (SSSR count). The Hall–Kier alpha value is -2.40. The number of carbonyl (C=O) groups excluding carboxylic acids is 1. The summed E-state index contributed by atoms with van der Waals surface area (Å²) < 4.78 is 7.69. The van der Waals surface area contributed by atoms with Crippen molar-refractivity contribution in [2.24, 2.45) is 0 Å². The lowest BCUT2D eigenvalue weighted by molar-refractivity contribution is -0.131. The van der Waals surface area contributed by atoms with Crippen molar-refractivity contribution in [2.75, 3.05) is 5.32 Å². The van der Waals surface area contributed by atoms with Gasteiger partial charge >= 0.3 is 0 Å². The van der Waals surface area contributed by atoms with E-state index in [0.717, 1.165) is 31.2 Å². The fourth-order valence-electron chi connectivity index (χ4n) is 3.20. The Labute approximate surface area is 147 Å². The minimum absolute atomic E-state index is 0.0812. The summed E-state index contributed by atoms with van der Waals surface area (Å²) in [5, 5.41) is 2.89. The molecule has 1 fully saturated rings. The van der Waals surface area contributed by atoms with Gasteiger partial charge in [0.1, 0.15) is 0 Å². The van der Waals surface area contributed by atoms with Crippen LogP contribution in [0, 0.1) is 0 Å². The summed E-state index contributed by atoms with van der Waals surface area (Å²) >= 11 is 0. The molecule has 25 heavy (non-hydrogen) atoms. The van der Waals surface area contributed by atoms with E-state index in [2.05, 4.69) is 5.32 Å². The summed E-state index contributed by atoms with van der Waals surface area (Å²) in [5.74, 6) is -0.209. The van der Waals surface area contributed by atoms with Gasteiger partial charge in [-0.2, -0.15) is 0 Å². The molecule has 1 aliphatic carbocycles. The third-order valence-corrected chi connectivity index (χ3v) is 4.56. The van der Waals surface area contributed by atoms with Crippen LogP contribution in [0.2, 0.25) is 0 Å². The highest BCUT2D eigenvalue weighted by Crippen LogP contribution is 2.28. The number of aryl methyl sites for hydroxylation is 1. The smallest absolute Gasteiger partial charge is 0.258 e. The van der Waals surface area contributed by atoms with E-state index in [-0.39, 0.29) is 17.6 Å². The van der Waals surface area contributed by atoms with Crippen LogP contribution >= 0.6 is 0 Å². The maximum atomic E-state index is 12.9. The van der Waals surface area contributed by atoms with Gasteiger partial charge in [0.05, 0.1) is 11.8 Å². The molecular weight excluding hydrogens is 316 g/mol. The molecule has 0 aliphatic heterocycles. The summed E-state index contributed by atoms with van der Waals surface area (Å²) in [6.07, 6.45) is 5.43. The first-order chi connectivity index (χ1) is 12.2. The predicted octanol–water partition coefficient (Wildman–Crippen LogP) is 3.51. The molecule has 0 bridgehead atoms. The zero-order valence-corrected chi connectivity index (χ0v) is 14.5. The number of pyridine rings is 1. The number of carbonyl (C=O) groups is 1. The van der Waals surface area contributed by atoms with Gasteiger partial charge in [0.25, 0.3) is 11.5 Å². The van der Waals surface area contributed by atoms with Crippen LogP contribution in [0.4, 0.5) is 5.69 Å². The maximum absolute atomic E-state index is 12.9. The van der Waals surface area contributed by atoms with Gasteiger partial charge in [-0.3, -0.25) is 9.59 Å². The highest BCUT2D eigenvalue weighted by atomic mass is 16.5. The number of rotatable bonds is 6. The Morgan fingerprint density at radius 2 is 1.92 bits per heavy atom.